The second kappa shape index (κ2) is 6.05. The summed E-state index contributed by atoms with van der Waals surface area (Å²) in [6, 6.07) is 6.66. The molecule has 0 aliphatic carbocycles. The Morgan fingerprint density at radius 1 is 1.47 bits per heavy atom. The summed E-state index contributed by atoms with van der Waals surface area (Å²) in [5.41, 5.74) is 0. The second-order valence-electron chi connectivity index (χ2n) is 3.28. The number of methoxy groups -OCH3 is 1. The van der Waals surface area contributed by atoms with E-state index in [-0.39, 0.29) is 6.54 Å². The zero-order valence-corrected chi connectivity index (χ0v) is 11.1. The summed E-state index contributed by atoms with van der Waals surface area (Å²) in [5, 5.41) is 2.84. The third-order valence-corrected chi connectivity index (χ3v) is 3.44. The summed E-state index contributed by atoms with van der Waals surface area (Å²) in [7, 11) is -1.89. The van der Waals surface area contributed by atoms with Crippen molar-refractivity contribution in [2.75, 3.05) is 20.3 Å². The fraction of sp³-hybridized carbons (Fsp3) is 0.300. The van der Waals surface area contributed by atoms with E-state index < -0.39 is 13.5 Å². The number of para-hydroxylation sites is 1. The minimum Gasteiger partial charge on any atom is -0.468 e. The van der Waals surface area contributed by atoms with Gasteiger partial charge in [0.1, 0.15) is 12.3 Å². The van der Waals surface area contributed by atoms with Crippen LogP contribution >= 0.6 is 19.1 Å². The Balaban J connectivity index is 2.64. The highest BCUT2D eigenvalue weighted by Crippen LogP contribution is 2.41. The summed E-state index contributed by atoms with van der Waals surface area (Å²) in [5.74, 6) is -0.216. The lowest BCUT2D eigenvalue weighted by Crippen LogP contribution is -2.23. The van der Waals surface area contributed by atoms with E-state index >= 15 is 0 Å². The van der Waals surface area contributed by atoms with Gasteiger partial charge in [-0.15, -0.1) is 0 Å². The Morgan fingerprint density at radius 3 is 2.71 bits per heavy atom. The van der Waals surface area contributed by atoms with Crippen LogP contribution in [-0.4, -0.2) is 26.3 Å². The van der Waals surface area contributed by atoms with Crippen molar-refractivity contribution in [3.05, 3.63) is 29.3 Å². The molecule has 17 heavy (non-hydrogen) atoms. The summed E-state index contributed by atoms with van der Waals surface area (Å²) >= 11 is 5.85. The van der Waals surface area contributed by atoms with Crippen molar-refractivity contribution in [3.8, 4) is 5.75 Å². The van der Waals surface area contributed by atoms with Crippen LogP contribution in [0.15, 0.2) is 24.3 Å². The number of rotatable bonds is 5. The number of benzene rings is 1. The molecule has 0 aliphatic heterocycles. The molecule has 1 N–H and O–H groups in total. The minimum atomic E-state index is -3.14. The van der Waals surface area contributed by atoms with Crippen LogP contribution in [0, 0.1) is 0 Å². The van der Waals surface area contributed by atoms with Gasteiger partial charge in [0.05, 0.1) is 12.1 Å². The Labute approximate surface area is 105 Å². The number of hydrogen-bond donors (Lipinski definition) is 1. The number of halogens is 1. The van der Waals surface area contributed by atoms with Gasteiger partial charge in [-0.2, -0.15) is 0 Å². The second-order valence-corrected chi connectivity index (χ2v) is 5.88. The molecule has 0 fully saturated rings. The maximum Gasteiger partial charge on any atom is 0.320 e. The number of hydrogen-bond acceptors (Lipinski definition) is 4. The average Bonchev–Trinajstić information content (AvgIpc) is 2.29. The summed E-state index contributed by atoms with van der Waals surface area (Å²) in [4.78, 5) is 10.9. The van der Waals surface area contributed by atoms with Gasteiger partial charge in [-0.1, -0.05) is 23.7 Å². The highest BCUT2D eigenvalue weighted by atomic mass is 35.5. The minimum absolute atomic E-state index is 0.186. The molecule has 1 aromatic rings. The number of nitrogens with one attached hydrogen (secondary N) is 1. The molecule has 0 spiro atoms. The van der Waals surface area contributed by atoms with Crippen LogP contribution in [0.5, 0.6) is 5.75 Å². The third-order valence-electron chi connectivity index (χ3n) is 1.85. The number of esters is 1. The van der Waals surface area contributed by atoms with Gasteiger partial charge in [-0.3, -0.25) is 9.36 Å². The van der Waals surface area contributed by atoms with Gasteiger partial charge < -0.3 is 9.26 Å². The van der Waals surface area contributed by atoms with Crippen molar-refractivity contribution in [2.24, 2.45) is 0 Å². The predicted octanol–water partition coefficient (Wildman–Crippen LogP) is 2.30. The molecule has 1 atom stereocenters. The van der Waals surface area contributed by atoms with E-state index in [9.17, 15) is 9.36 Å². The molecule has 5 nitrogen and oxygen atoms in total. The zero-order chi connectivity index (χ0) is 12.9. The maximum absolute atomic E-state index is 12.0. The quantitative estimate of drug-likeness (QED) is 0.661. The fourth-order valence-corrected chi connectivity index (χ4v) is 2.26. The molecule has 1 aromatic carbocycles. The Morgan fingerprint density at radius 2 is 2.12 bits per heavy atom. The molecular weight excluding hydrogens is 265 g/mol. The molecule has 7 heteroatoms. The fourth-order valence-electron chi connectivity index (χ4n) is 1.02. The predicted molar refractivity (Wildman–Crippen MR) is 65.6 cm³/mol. The first-order valence-corrected chi connectivity index (χ1v) is 7.23. The van der Waals surface area contributed by atoms with E-state index in [0.717, 1.165) is 0 Å². The van der Waals surface area contributed by atoms with Gasteiger partial charge >= 0.3 is 13.5 Å². The van der Waals surface area contributed by atoms with Crippen LogP contribution < -0.4 is 9.61 Å². The van der Waals surface area contributed by atoms with Gasteiger partial charge in [0.2, 0.25) is 0 Å². The first kappa shape index (κ1) is 14.0. The highest BCUT2D eigenvalue weighted by Gasteiger charge is 2.19. The van der Waals surface area contributed by atoms with Crippen molar-refractivity contribution in [2.45, 2.75) is 0 Å². The Hall–Kier alpha value is -1.03. The maximum atomic E-state index is 12.0. The van der Waals surface area contributed by atoms with Crippen LogP contribution in [0.4, 0.5) is 0 Å². The average molecular weight is 278 g/mol. The molecule has 0 aliphatic rings. The summed E-state index contributed by atoms with van der Waals surface area (Å²) in [6.45, 7) is 1.17. The van der Waals surface area contributed by atoms with Crippen molar-refractivity contribution < 1.29 is 18.6 Å². The van der Waals surface area contributed by atoms with Crippen molar-refractivity contribution in [3.63, 3.8) is 0 Å². The number of ether oxygens (including phenoxy) is 1. The van der Waals surface area contributed by atoms with Crippen LogP contribution in [0.3, 0.4) is 0 Å². The molecule has 0 bridgehead atoms. The molecule has 94 valence electrons. The lowest BCUT2D eigenvalue weighted by Gasteiger charge is -2.16. The monoisotopic (exact) mass is 277 g/mol. The van der Waals surface area contributed by atoms with E-state index in [1.807, 2.05) is 0 Å². The van der Waals surface area contributed by atoms with Gasteiger partial charge in [-0.05, 0) is 12.1 Å². The lowest BCUT2D eigenvalue weighted by molar-refractivity contribution is -0.139. The standard InChI is InChI=1S/C10H13ClNO4P/c1-15-10(13)7-12-17(2,14)16-9-6-4-3-5-8(9)11/h3-6H,7H2,1-2H3,(H,12,14). The molecule has 0 amide bonds. The molecule has 0 radical (unpaired) electrons. The number of carbonyl (C=O) groups is 1. The van der Waals surface area contributed by atoms with Gasteiger partial charge in [0, 0.05) is 6.66 Å². The van der Waals surface area contributed by atoms with Crippen LogP contribution in [0.2, 0.25) is 5.02 Å². The van der Waals surface area contributed by atoms with Gasteiger partial charge in [0.25, 0.3) is 0 Å². The highest BCUT2D eigenvalue weighted by molar-refractivity contribution is 7.56. The molecule has 0 saturated carbocycles. The van der Waals surface area contributed by atoms with Crippen molar-refractivity contribution >= 4 is 25.1 Å². The van der Waals surface area contributed by atoms with Crippen LogP contribution in [-0.2, 0) is 14.1 Å². The van der Waals surface area contributed by atoms with Crippen LogP contribution in [0.25, 0.3) is 0 Å². The Bertz CT molecular complexity index is 452. The molecule has 0 heterocycles. The van der Waals surface area contributed by atoms with Gasteiger partial charge in [-0.25, -0.2) is 5.09 Å². The Kier molecular flexibility index (Phi) is 5.00. The van der Waals surface area contributed by atoms with E-state index in [1.54, 1.807) is 24.3 Å². The lowest BCUT2D eigenvalue weighted by atomic mass is 10.3. The van der Waals surface area contributed by atoms with Crippen molar-refractivity contribution in [1.29, 1.82) is 0 Å². The summed E-state index contributed by atoms with van der Waals surface area (Å²) in [6.07, 6.45) is 0. The first-order chi connectivity index (χ1) is 7.94. The molecule has 1 rings (SSSR count). The molecule has 0 aromatic heterocycles. The molecular formula is C10H13ClNO4P. The van der Waals surface area contributed by atoms with Crippen molar-refractivity contribution in [1.82, 2.24) is 5.09 Å². The normalized spacial score (nSPS) is 13.8. The van der Waals surface area contributed by atoms with E-state index in [0.29, 0.717) is 10.8 Å². The topological polar surface area (TPSA) is 64.6 Å². The molecule has 0 saturated heterocycles. The SMILES string of the molecule is COC(=O)CNP(C)(=O)Oc1ccccc1Cl. The van der Waals surface area contributed by atoms with E-state index in [1.165, 1.54) is 13.8 Å². The molecule has 1 unspecified atom stereocenters. The van der Waals surface area contributed by atoms with Gasteiger partial charge in [0.15, 0.2) is 0 Å². The third kappa shape index (κ3) is 4.77. The number of carbonyl (C=O) groups excluding carboxylic acids is 1. The first-order valence-electron chi connectivity index (χ1n) is 4.78. The smallest absolute Gasteiger partial charge is 0.320 e. The summed E-state index contributed by atoms with van der Waals surface area (Å²) < 4.78 is 21.6. The van der Waals surface area contributed by atoms with E-state index in [2.05, 4.69) is 9.82 Å². The largest absolute Gasteiger partial charge is 0.468 e. The van der Waals surface area contributed by atoms with Crippen LogP contribution in [0.1, 0.15) is 0 Å². The van der Waals surface area contributed by atoms with E-state index in [4.69, 9.17) is 16.1 Å². The zero-order valence-electron chi connectivity index (χ0n) is 9.47.